The highest BCUT2D eigenvalue weighted by molar-refractivity contribution is 7.88. The quantitative estimate of drug-likeness (QED) is 0.310. The maximum absolute atomic E-state index is 13.4. The van der Waals surface area contributed by atoms with Gasteiger partial charge in [0.2, 0.25) is 10.0 Å². The van der Waals surface area contributed by atoms with Crippen LogP contribution in [0.25, 0.3) is 10.8 Å². The standard InChI is InChI=1S/C29H28N2O7S2/c1-30(2)26-12-6-11-25-24(26)10-7-13-28(25)40(36,37)38-23-15-14-21-17-27(29(32)33)31(18-22(21)16-23)39(34,35)19-20-8-4-3-5-9-20/h3-16,27H,17-19H2,1-2H3,(H,32,33)/t27-/m0/s1. The van der Waals surface area contributed by atoms with Crippen LogP contribution in [0.5, 0.6) is 5.75 Å². The minimum absolute atomic E-state index is 0.00410. The summed E-state index contributed by atoms with van der Waals surface area (Å²) in [5, 5.41) is 11.1. The van der Waals surface area contributed by atoms with Crippen molar-refractivity contribution in [3.8, 4) is 5.75 Å². The van der Waals surface area contributed by atoms with Gasteiger partial charge in [0, 0.05) is 43.5 Å². The molecule has 1 aliphatic rings. The predicted molar refractivity (Wildman–Crippen MR) is 152 cm³/mol. The number of benzene rings is 4. The van der Waals surface area contributed by atoms with E-state index in [1.807, 2.05) is 31.1 Å². The number of fused-ring (bicyclic) bond motifs is 2. The molecule has 1 heterocycles. The largest absolute Gasteiger partial charge is 0.480 e. The topological polar surface area (TPSA) is 121 Å². The molecule has 0 amide bonds. The number of hydrogen-bond acceptors (Lipinski definition) is 7. The highest BCUT2D eigenvalue weighted by Gasteiger charge is 2.39. The molecule has 0 aromatic heterocycles. The van der Waals surface area contributed by atoms with Crippen molar-refractivity contribution in [1.82, 2.24) is 4.31 Å². The molecule has 40 heavy (non-hydrogen) atoms. The lowest BCUT2D eigenvalue weighted by molar-refractivity contribution is -0.141. The van der Waals surface area contributed by atoms with Crippen molar-refractivity contribution in [1.29, 1.82) is 0 Å². The number of carboxylic acids is 1. The van der Waals surface area contributed by atoms with Gasteiger partial charge in [-0.25, -0.2) is 8.42 Å². The molecule has 4 aromatic carbocycles. The normalized spacial score (nSPS) is 15.9. The molecule has 0 radical (unpaired) electrons. The van der Waals surface area contributed by atoms with Crippen molar-refractivity contribution in [2.24, 2.45) is 0 Å². The van der Waals surface area contributed by atoms with E-state index < -0.39 is 32.2 Å². The van der Waals surface area contributed by atoms with E-state index in [1.165, 1.54) is 18.2 Å². The van der Waals surface area contributed by atoms with Crippen molar-refractivity contribution in [2.75, 3.05) is 19.0 Å². The highest BCUT2D eigenvalue weighted by Crippen LogP contribution is 2.34. The maximum atomic E-state index is 13.4. The molecule has 4 aromatic rings. The van der Waals surface area contributed by atoms with Crippen molar-refractivity contribution >= 4 is 42.6 Å². The molecule has 0 aliphatic carbocycles. The van der Waals surface area contributed by atoms with Gasteiger partial charge in [0.05, 0.1) is 5.75 Å². The first kappa shape index (κ1) is 27.6. The third-order valence-corrected chi connectivity index (χ3v) is 10.0. The van der Waals surface area contributed by atoms with Gasteiger partial charge in [0.25, 0.3) is 0 Å². The molecule has 5 rings (SSSR count). The van der Waals surface area contributed by atoms with Crippen LogP contribution in [0.2, 0.25) is 0 Å². The van der Waals surface area contributed by atoms with Gasteiger partial charge in [-0.05, 0) is 41.0 Å². The van der Waals surface area contributed by atoms with Crippen LogP contribution in [-0.4, -0.2) is 52.4 Å². The van der Waals surface area contributed by atoms with E-state index in [4.69, 9.17) is 4.18 Å². The summed E-state index contributed by atoms with van der Waals surface area (Å²) >= 11 is 0. The Morgan fingerprint density at radius 1 is 0.900 bits per heavy atom. The van der Waals surface area contributed by atoms with E-state index in [2.05, 4.69) is 0 Å². The van der Waals surface area contributed by atoms with Crippen LogP contribution in [0.15, 0.2) is 89.8 Å². The Morgan fingerprint density at radius 2 is 1.60 bits per heavy atom. The van der Waals surface area contributed by atoms with Gasteiger partial charge >= 0.3 is 16.1 Å². The molecule has 11 heteroatoms. The SMILES string of the molecule is CN(C)c1cccc2c(S(=O)(=O)Oc3ccc4c(c3)CN(S(=O)(=O)Cc3ccccc3)[C@H](C(=O)O)C4)cccc12. The zero-order valence-corrected chi connectivity index (χ0v) is 23.5. The molecule has 0 saturated heterocycles. The molecule has 0 fully saturated rings. The van der Waals surface area contributed by atoms with Crippen LogP contribution in [0.4, 0.5) is 5.69 Å². The number of anilines is 1. The van der Waals surface area contributed by atoms with Crippen LogP contribution >= 0.6 is 0 Å². The summed E-state index contributed by atoms with van der Waals surface area (Å²) in [7, 11) is -4.52. The second-order valence-corrected chi connectivity index (χ2v) is 13.3. The molecule has 208 valence electrons. The first-order valence-electron chi connectivity index (χ1n) is 12.5. The second-order valence-electron chi connectivity index (χ2n) is 9.84. The van der Waals surface area contributed by atoms with Crippen molar-refractivity contribution in [2.45, 2.75) is 29.7 Å². The highest BCUT2D eigenvalue weighted by atomic mass is 32.2. The van der Waals surface area contributed by atoms with E-state index in [0.717, 1.165) is 15.4 Å². The molecule has 1 N–H and O–H groups in total. The molecule has 1 atom stereocenters. The Hall–Kier alpha value is -3.93. The number of aliphatic carboxylic acids is 1. The Morgan fingerprint density at radius 3 is 2.30 bits per heavy atom. The number of sulfonamides is 1. The fourth-order valence-electron chi connectivity index (χ4n) is 5.00. The fraction of sp³-hybridized carbons (Fsp3) is 0.207. The van der Waals surface area contributed by atoms with Crippen molar-refractivity contribution in [3.63, 3.8) is 0 Å². The molecule has 0 bridgehead atoms. The number of rotatable bonds is 8. The smallest absolute Gasteiger partial charge is 0.339 e. The third-order valence-electron chi connectivity index (χ3n) is 6.92. The first-order valence-corrected chi connectivity index (χ1v) is 15.5. The zero-order valence-electron chi connectivity index (χ0n) is 21.9. The summed E-state index contributed by atoms with van der Waals surface area (Å²) in [4.78, 5) is 13.9. The lowest BCUT2D eigenvalue weighted by atomic mass is 9.95. The van der Waals surface area contributed by atoms with Crippen LogP contribution in [0.1, 0.15) is 16.7 Å². The van der Waals surface area contributed by atoms with Gasteiger partial charge in [0.15, 0.2) is 0 Å². The van der Waals surface area contributed by atoms with E-state index >= 15 is 0 Å². The van der Waals surface area contributed by atoms with Gasteiger partial charge in [-0.1, -0.05) is 60.7 Å². The van der Waals surface area contributed by atoms with Gasteiger partial charge in [0.1, 0.15) is 16.7 Å². The molecular formula is C29H28N2O7S2. The summed E-state index contributed by atoms with van der Waals surface area (Å²) in [5.74, 6) is -1.60. The predicted octanol–water partition coefficient (Wildman–Crippen LogP) is 4.01. The second kappa shape index (κ2) is 10.6. The summed E-state index contributed by atoms with van der Waals surface area (Å²) in [6, 6.07) is 22.1. The van der Waals surface area contributed by atoms with Crippen LogP contribution in [0.3, 0.4) is 0 Å². The molecule has 0 saturated carbocycles. The van der Waals surface area contributed by atoms with Crippen molar-refractivity contribution < 1.29 is 30.9 Å². The summed E-state index contributed by atoms with van der Waals surface area (Å²) < 4.78 is 59.9. The third kappa shape index (κ3) is 5.40. The van der Waals surface area contributed by atoms with Crippen LogP contribution in [0, 0.1) is 0 Å². The van der Waals surface area contributed by atoms with E-state index in [-0.39, 0.29) is 29.4 Å². The molecular weight excluding hydrogens is 552 g/mol. The Kier molecular flexibility index (Phi) is 7.30. The number of nitrogens with zero attached hydrogens (tertiary/aromatic N) is 2. The van der Waals surface area contributed by atoms with Gasteiger partial charge < -0.3 is 14.2 Å². The van der Waals surface area contributed by atoms with E-state index in [1.54, 1.807) is 54.6 Å². The maximum Gasteiger partial charge on any atom is 0.339 e. The van der Waals surface area contributed by atoms with Gasteiger partial charge in [-0.2, -0.15) is 12.7 Å². The molecule has 9 nitrogen and oxygen atoms in total. The fourth-order valence-corrected chi connectivity index (χ4v) is 7.81. The minimum Gasteiger partial charge on any atom is -0.480 e. The molecule has 0 spiro atoms. The number of carbonyl (C=O) groups is 1. The van der Waals surface area contributed by atoms with Crippen molar-refractivity contribution in [3.05, 3.63) is 102 Å². The molecule has 1 aliphatic heterocycles. The Labute approximate surface area is 233 Å². The van der Waals surface area contributed by atoms with Gasteiger partial charge in [-0.15, -0.1) is 0 Å². The monoisotopic (exact) mass is 580 g/mol. The van der Waals surface area contributed by atoms with Crippen LogP contribution < -0.4 is 9.08 Å². The average molecular weight is 581 g/mol. The zero-order chi connectivity index (χ0) is 28.7. The summed E-state index contributed by atoms with van der Waals surface area (Å²) in [6.07, 6.45) is -0.0532. The lowest BCUT2D eigenvalue weighted by Gasteiger charge is -2.33. The molecule has 0 unspecified atom stereocenters. The van der Waals surface area contributed by atoms with Gasteiger partial charge in [-0.3, -0.25) is 4.79 Å². The summed E-state index contributed by atoms with van der Waals surface area (Å²) in [5.41, 5.74) is 2.49. The Balaban J connectivity index is 1.47. The van der Waals surface area contributed by atoms with E-state index in [9.17, 15) is 26.7 Å². The first-order chi connectivity index (χ1) is 19.0. The van der Waals surface area contributed by atoms with Crippen LogP contribution in [-0.2, 0) is 43.7 Å². The number of carboxylic acid groups (broad SMARTS) is 1. The lowest BCUT2D eigenvalue weighted by Crippen LogP contribution is -2.48. The Bertz CT molecular complexity index is 1810. The summed E-state index contributed by atoms with van der Waals surface area (Å²) in [6.45, 7) is -0.223. The number of hydrogen-bond donors (Lipinski definition) is 1. The average Bonchev–Trinajstić information content (AvgIpc) is 2.91. The minimum atomic E-state index is -4.26. The van der Waals surface area contributed by atoms with E-state index in [0.29, 0.717) is 22.1 Å².